The molecule has 0 aliphatic carbocycles. The van der Waals surface area contributed by atoms with Crippen molar-refractivity contribution in [2.75, 3.05) is 32.8 Å². The maximum atomic E-state index is 13.3. The molecule has 2 aliphatic rings. The number of fused-ring (bicyclic) bond motifs is 3. The Hall–Kier alpha value is -2.37. The van der Waals surface area contributed by atoms with E-state index < -0.39 is 0 Å². The lowest BCUT2D eigenvalue weighted by Crippen LogP contribution is -2.45. The first-order valence-corrected chi connectivity index (χ1v) is 11.8. The van der Waals surface area contributed by atoms with Crippen molar-refractivity contribution >= 4 is 5.91 Å². The summed E-state index contributed by atoms with van der Waals surface area (Å²) in [6.45, 7) is 4.59. The van der Waals surface area contributed by atoms with Crippen LogP contribution < -0.4 is 10.5 Å². The molecule has 166 valence electrons. The molecule has 2 heterocycles. The van der Waals surface area contributed by atoms with Gasteiger partial charge in [-0.2, -0.15) is 0 Å². The van der Waals surface area contributed by atoms with Crippen molar-refractivity contribution in [1.29, 1.82) is 0 Å². The highest BCUT2D eigenvalue weighted by molar-refractivity contribution is 5.94. The molecule has 1 unspecified atom stereocenters. The van der Waals surface area contributed by atoms with E-state index in [9.17, 15) is 4.79 Å². The number of hydrogen-bond donors (Lipinski definition) is 1. The Labute approximate surface area is 186 Å². The molecule has 4 rings (SSSR count). The largest absolute Gasteiger partial charge is 0.494 e. The van der Waals surface area contributed by atoms with Gasteiger partial charge in [0.25, 0.3) is 5.91 Å². The van der Waals surface area contributed by atoms with Crippen LogP contribution in [0, 0.1) is 0 Å². The molecule has 0 aromatic heterocycles. The second kappa shape index (κ2) is 10.8. The lowest BCUT2D eigenvalue weighted by molar-refractivity contribution is 0.0682. The van der Waals surface area contributed by atoms with Crippen molar-refractivity contribution < 1.29 is 9.53 Å². The van der Waals surface area contributed by atoms with E-state index in [0.29, 0.717) is 25.7 Å². The summed E-state index contributed by atoms with van der Waals surface area (Å²) in [6.07, 6.45) is 6.87. The van der Waals surface area contributed by atoms with E-state index in [-0.39, 0.29) is 5.91 Å². The fourth-order valence-electron chi connectivity index (χ4n) is 4.83. The van der Waals surface area contributed by atoms with Gasteiger partial charge in [0.05, 0.1) is 6.61 Å². The van der Waals surface area contributed by atoms with Crippen LogP contribution in [0.5, 0.6) is 5.75 Å². The Balaban J connectivity index is 1.52. The minimum atomic E-state index is 0.0953. The summed E-state index contributed by atoms with van der Waals surface area (Å²) >= 11 is 0. The van der Waals surface area contributed by atoms with Crippen LogP contribution in [0.25, 0.3) is 0 Å². The van der Waals surface area contributed by atoms with Gasteiger partial charge in [0.15, 0.2) is 0 Å². The summed E-state index contributed by atoms with van der Waals surface area (Å²) in [5, 5.41) is 0. The van der Waals surface area contributed by atoms with Gasteiger partial charge in [-0.25, -0.2) is 0 Å². The van der Waals surface area contributed by atoms with E-state index in [1.807, 2.05) is 35.2 Å². The van der Waals surface area contributed by atoms with Crippen LogP contribution in [0.3, 0.4) is 0 Å². The highest BCUT2D eigenvalue weighted by Crippen LogP contribution is 2.23. The number of rotatable bonds is 2. The summed E-state index contributed by atoms with van der Waals surface area (Å²) in [5.41, 5.74) is 8.87. The molecule has 1 amide bonds. The van der Waals surface area contributed by atoms with E-state index in [2.05, 4.69) is 23.1 Å². The van der Waals surface area contributed by atoms with E-state index in [4.69, 9.17) is 10.5 Å². The summed E-state index contributed by atoms with van der Waals surface area (Å²) in [5.74, 6) is 1.03. The molecule has 5 heteroatoms. The number of aryl methyl sites for hydroxylation is 1. The van der Waals surface area contributed by atoms with Crippen molar-refractivity contribution in [2.24, 2.45) is 5.73 Å². The highest BCUT2D eigenvalue weighted by Gasteiger charge is 2.24. The number of amides is 1. The van der Waals surface area contributed by atoms with Gasteiger partial charge in [-0.05, 0) is 74.0 Å². The fraction of sp³-hybridized carbons (Fsp3) is 0.500. The zero-order valence-corrected chi connectivity index (χ0v) is 18.5. The first-order valence-electron chi connectivity index (χ1n) is 11.8. The molecule has 1 saturated heterocycles. The molecule has 2 N–H and O–H groups in total. The Morgan fingerprint density at radius 3 is 2.77 bits per heavy atom. The maximum Gasteiger partial charge on any atom is 0.253 e. The first kappa shape index (κ1) is 21.8. The molecule has 2 aromatic rings. The standard InChI is InChI=1S/C26H35N3O2/c27-20-22-7-3-8-23(18-22)26(30)29-14-5-17-31-25-10-4-6-21(19-25)11-12-24-9-1-2-13-28(24)15-16-29/h3-4,6-8,10,18-19,24H,1-2,5,9,11-17,20,27H2. The van der Waals surface area contributed by atoms with Gasteiger partial charge in [-0.1, -0.05) is 30.7 Å². The summed E-state index contributed by atoms with van der Waals surface area (Å²) in [6, 6.07) is 16.8. The van der Waals surface area contributed by atoms with Crippen LogP contribution in [-0.2, 0) is 13.0 Å². The lowest BCUT2D eigenvalue weighted by Gasteiger charge is -2.37. The van der Waals surface area contributed by atoms with Gasteiger partial charge in [0.2, 0.25) is 0 Å². The Morgan fingerprint density at radius 1 is 0.968 bits per heavy atom. The monoisotopic (exact) mass is 421 g/mol. The first-order chi connectivity index (χ1) is 15.2. The van der Waals surface area contributed by atoms with Crippen LogP contribution in [0.2, 0.25) is 0 Å². The number of carbonyl (C=O) groups excluding carboxylic acids is 1. The SMILES string of the molecule is NCc1cccc(C(=O)N2CCCOc3cccc(c3)CCC3CCCCN3CC2)c1. The number of ether oxygens (including phenoxy) is 1. The van der Waals surface area contributed by atoms with E-state index in [1.165, 1.54) is 24.8 Å². The molecule has 31 heavy (non-hydrogen) atoms. The van der Waals surface area contributed by atoms with E-state index >= 15 is 0 Å². The zero-order chi connectivity index (χ0) is 21.5. The Kier molecular flexibility index (Phi) is 7.60. The quantitative estimate of drug-likeness (QED) is 0.800. The molecular weight excluding hydrogens is 386 g/mol. The van der Waals surface area contributed by atoms with Crippen LogP contribution in [0.1, 0.15) is 53.6 Å². The molecule has 0 radical (unpaired) electrons. The molecule has 1 atom stereocenters. The van der Waals surface area contributed by atoms with E-state index in [1.54, 1.807) is 0 Å². The van der Waals surface area contributed by atoms with Gasteiger partial charge < -0.3 is 15.4 Å². The second-order valence-electron chi connectivity index (χ2n) is 8.77. The third-order valence-corrected chi connectivity index (χ3v) is 6.61. The fourth-order valence-corrected chi connectivity index (χ4v) is 4.83. The number of nitrogens with zero attached hydrogens (tertiary/aromatic N) is 2. The molecule has 2 aromatic carbocycles. The maximum absolute atomic E-state index is 13.3. The average Bonchev–Trinajstić information content (AvgIpc) is 2.82. The smallest absolute Gasteiger partial charge is 0.253 e. The van der Waals surface area contributed by atoms with Gasteiger partial charge in [-0.15, -0.1) is 0 Å². The third-order valence-electron chi connectivity index (χ3n) is 6.61. The van der Waals surface area contributed by atoms with Crippen LogP contribution in [0.4, 0.5) is 0 Å². The van der Waals surface area contributed by atoms with Gasteiger partial charge in [-0.3, -0.25) is 9.69 Å². The van der Waals surface area contributed by atoms with Crippen LogP contribution >= 0.6 is 0 Å². The summed E-state index contributed by atoms with van der Waals surface area (Å²) in [7, 11) is 0. The second-order valence-corrected chi connectivity index (χ2v) is 8.77. The summed E-state index contributed by atoms with van der Waals surface area (Å²) < 4.78 is 6.00. The Morgan fingerprint density at radius 2 is 1.87 bits per heavy atom. The van der Waals surface area contributed by atoms with Crippen LogP contribution in [-0.4, -0.2) is 54.5 Å². The molecule has 2 aliphatic heterocycles. The van der Waals surface area contributed by atoms with E-state index in [0.717, 1.165) is 55.8 Å². The molecule has 0 saturated carbocycles. The van der Waals surface area contributed by atoms with Gasteiger partial charge >= 0.3 is 0 Å². The Bertz CT molecular complexity index is 869. The summed E-state index contributed by atoms with van der Waals surface area (Å²) in [4.78, 5) is 18.0. The number of carbonyl (C=O) groups is 1. The number of benzene rings is 2. The molecule has 2 bridgehead atoms. The normalized spacial score (nSPS) is 20.9. The van der Waals surface area contributed by atoms with Crippen molar-refractivity contribution in [3.8, 4) is 5.75 Å². The van der Waals surface area contributed by atoms with Crippen molar-refractivity contribution in [2.45, 2.75) is 51.1 Å². The molecular formula is C26H35N3O2. The number of piperidine rings is 1. The zero-order valence-electron chi connectivity index (χ0n) is 18.5. The molecule has 5 nitrogen and oxygen atoms in total. The highest BCUT2D eigenvalue weighted by atomic mass is 16.5. The number of hydrogen-bond acceptors (Lipinski definition) is 4. The molecule has 1 fully saturated rings. The number of nitrogens with two attached hydrogens (primary N) is 1. The lowest BCUT2D eigenvalue weighted by atomic mass is 9.95. The van der Waals surface area contributed by atoms with Crippen molar-refractivity contribution in [3.05, 3.63) is 65.2 Å². The third kappa shape index (κ3) is 5.86. The minimum absolute atomic E-state index is 0.0953. The molecule has 0 spiro atoms. The van der Waals surface area contributed by atoms with Crippen molar-refractivity contribution in [3.63, 3.8) is 0 Å². The predicted molar refractivity (Wildman–Crippen MR) is 124 cm³/mol. The topological polar surface area (TPSA) is 58.8 Å². The van der Waals surface area contributed by atoms with Gasteiger partial charge in [0, 0.05) is 37.8 Å². The average molecular weight is 422 g/mol. The van der Waals surface area contributed by atoms with Crippen molar-refractivity contribution in [1.82, 2.24) is 9.80 Å². The minimum Gasteiger partial charge on any atom is -0.494 e. The predicted octanol–water partition coefficient (Wildman–Crippen LogP) is 3.86. The van der Waals surface area contributed by atoms with Crippen LogP contribution in [0.15, 0.2) is 48.5 Å². The van der Waals surface area contributed by atoms with Gasteiger partial charge in [0.1, 0.15) is 5.75 Å².